The molecule has 3 aromatic heterocycles. The first-order valence-electron chi connectivity index (χ1n) is 10.8. The number of fused-ring (bicyclic) bond motifs is 2. The highest BCUT2D eigenvalue weighted by Crippen LogP contribution is 2.34. The van der Waals surface area contributed by atoms with Gasteiger partial charge >= 0.3 is 0 Å². The molecule has 2 aliphatic rings. The normalized spacial score (nSPS) is 23.1. The third-order valence-electron chi connectivity index (χ3n) is 5.89. The van der Waals surface area contributed by atoms with Crippen LogP contribution < -0.4 is 10.6 Å². The summed E-state index contributed by atoms with van der Waals surface area (Å²) in [6.45, 7) is -0.239. The number of ether oxygens (including phenoxy) is 1. The molecule has 0 bridgehead atoms. The van der Waals surface area contributed by atoms with E-state index < -0.39 is 18.4 Å². The predicted molar refractivity (Wildman–Crippen MR) is 119 cm³/mol. The Labute approximate surface area is 183 Å². The molecule has 32 heavy (non-hydrogen) atoms. The van der Waals surface area contributed by atoms with Crippen LogP contribution in [0.3, 0.4) is 0 Å². The number of imidazole rings is 1. The van der Waals surface area contributed by atoms with Crippen LogP contribution in [-0.4, -0.2) is 59.6 Å². The maximum Gasteiger partial charge on any atom is 0.231 e. The van der Waals surface area contributed by atoms with Gasteiger partial charge in [-0.1, -0.05) is 6.07 Å². The van der Waals surface area contributed by atoms with E-state index in [-0.39, 0.29) is 6.61 Å². The fourth-order valence-corrected chi connectivity index (χ4v) is 4.04. The van der Waals surface area contributed by atoms with Crippen LogP contribution in [0.15, 0.2) is 42.9 Å². The molecule has 3 atom stereocenters. The van der Waals surface area contributed by atoms with Crippen LogP contribution >= 0.6 is 0 Å². The number of aliphatic hydroxyl groups is 2. The van der Waals surface area contributed by atoms with Crippen LogP contribution in [0.1, 0.15) is 25.5 Å². The van der Waals surface area contributed by atoms with Gasteiger partial charge in [-0.05, 0) is 37.1 Å². The van der Waals surface area contributed by atoms with E-state index in [1.807, 2.05) is 30.3 Å². The summed E-state index contributed by atoms with van der Waals surface area (Å²) in [5.41, 5.74) is 3.01. The molecule has 1 saturated heterocycles. The summed E-state index contributed by atoms with van der Waals surface area (Å²) in [6, 6.07) is 10.2. The van der Waals surface area contributed by atoms with Crippen molar-refractivity contribution in [3.8, 4) is 0 Å². The number of aromatic nitrogens is 5. The van der Waals surface area contributed by atoms with E-state index >= 15 is 0 Å². The Hall–Kier alpha value is -3.34. The van der Waals surface area contributed by atoms with Gasteiger partial charge in [0.15, 0.2) is 17.0 Å². The number of benzene rings is 1. The van der Waals surface area contributed by atoms with Gasteiger partial charge in [-0.3, -0.25) is 9.55 Å². The predicted octanol–water partition coefficient (Wildman–Crippen LogP) is 2.33. The van der Waals surface area contributed by atoms with E-state index in [2.05, 4.69) is 25.6 Å². The molecule has 1 aromatic carbocycles. The second-order valence-corrected chi connectivity index (χ2v) is 8.29. The molecular formula is C22H23N7O3. The first kappa shape index (κ1) is 19.4. The maximum absolute atomic E-state index is 10.2. The van der Waals surface area contributed by atoms with Crippen molar-refractivity contribution in [1.29, 1.82) is 0 Å². The Morgan fingerprint density at radius 3 is 2.88 bits per heavy atom. The van der Waals surface area contributed by atoms with Crippen molar-refractivity contribution in [2.45, 2.75) is 43.7 Å². The van der Waals surface area contributed by atoms with Gasteiger partial charge in [0.2, 0.25) is 5.95 Å². The van der Waals surface area contributed by atoms with Crippen molar-refractivity contribution < 1.29 is 14.9 Å². The third kappa shape index (κ3) is 3.52. The number of hydrogen-bond acceptors (Lipinski definition) is 9. The molecule has 0 radical (unpaired) electrons. The molecule has 164 valence electrons. The van der Waals surface area contributed by atoms with Crippen LogP contribution in [0.4, 0.5) is 17.5 Å². The zero-order valence-electron chi connectivity index (χ0n) is 17.2. The van der Waals surface area contributed by atoms with Crippen molar-refractivity contribution in [3.63, 3.8) is 0 Å². The molecule has 10 heteroatoms. The number of anilines is 3. The first-order chi connectivity index (χ1) is 15.7. The van der Waals surface area contributed by atoms with Crippen molar-refractivity contribution in [2.75, 3.05) is 17.2 Å². The highest BCUT2D eigenvalue weighted by atomic mass is 16.5. The number of nitrogens with zero attached hydrogens (tertiary/aromatic N) is 5. The van der Waals surface area contributed by atoms with Gasteiger partial charge in [-0.15, -0.1) is 0 Å². The second-order valence-electron chi connectivity index (χ2n) is 8.29. The summed E-state index contributed by atoms with van der Waals surface area (Å²) in [6.07, 6.45) is 4.16. The summed E-state index contributed by atoms with van der Waals surface area (Å²) < 4.78 is 7.62. The number of hydrogen-bond donors (Lipinski definition) is 4. The fourth-order valence-electron chi connectivity index (χ4n) is 4.04. The Bertz CT molecular complexity index is 1290. The fraction of sp³-hybridized carbons (Fsp3) is 0.364. The van der Waals surface area contributed by atoms with Crippen LogP contribution in [0.2, 0.25) is 0 Å². The molecule has 6 rings (SSSR count). The Morgan fingerprint density at radius 1 is 1.16 bits per heavy atom. The highest BCUT2D eigenvalue weighted by Gasteiger charge is 2.35. The molecule has 0 spiro atoms. The summed E-state index contributed by atoms with van der Waals surface area (Å²) in [4.78, 5) is 18.3. The summed E-state index contributed by atoms with van der Waals surface area (Å²) in [5.74, 6) is 1.10. The first-order valence-corrected chi connectivity index (χ1v) is 10.8. The van der Waals surface area contributed by atoms with E-state index in [1.165, 1.54) is 0 Å². The average Bonchev–Trinajstić information content (AvgIpc) is 3.39. The van der Waals surface area contributed by atoms with Crippen molar-refractivity contribution in [2.24, 2.45) is 0 Å². The number of nitrogens with one attached hydrogen (secondary N) is 2. The molecule has 4 heterocycles. The Balaban J connectivity index is 1.39. The molecule has 4 N–H and O–H groups in total. The van der Waals surface area contributed by atoms with Gasteiger partial charge < -0.3 is 25.6 Å². The van der Waals surface area contributed by atoms with Crippen molar-refractivity contribution >= 4 is 39.5 Å². The number of pyridine rings is 1. The summed E-state index contributed by atoms with van der Waals surface area (Å²) in [5, 5.41) is 27.4. The van der Waals surface area contributed by atoms with Crippen LogP contribution in [0, 0.1) is 0 Å². The molecule has 1 aliphatic carbocycles. The summed E-state index contributed by atoms with van der Waals surface area (Å²) >= 11 is 0. The molecule has 1 saturated carbocycles. The minimum Gasteiger partial charge on any atom is -0.394 e. The Morgan fingerprint density at radius 2 is 2.06 bits per heavy atom. The largest absolute Gasteiger partial charge is 0.394 e. The van der Waals surface area contributed by atoms with E-state index in [0.29, 0.717) is 35.4 Å². The smallest absolute Gasteiger partial charge is 0.231 e. The van der Waals surface area contributed by atoms with E-state index in [1.54, 1.807) is 17.1 Å². The zero-order valence-corrected chi connectivity index (χ0v) is 17.2. The maximum atomic E-state index is 10.2. The zero-order chi connectivity index (χ0) is 21.7. The highest BCUT2D eigenvalue weighted by molar-refractivity contribution is 5.86. The lowest BCUT2D eigenvalue weighted by atomic mass is 10.2. The van der Waals surface area contributed by atoms with E-state index in [4.69, 9.17) is 9.72 Å². The molecule has 2 fully saturated rings. The lowest BCUT2D eigenvalue weighted by molar-refractivity contribution is -0.0432. The average molecular weight is 433 g/mol. The van der Waals surface area contributed by atoms with Gasteiger partial charge in [0.05, 0.1) is 24.6 Å². The molecule has 4 aromatic rings. The van der Waals surface area contributed by atoms with Crippen LogP contribution in [-0.2, 0) is 4.74 Å². The Kier molecular flexibility index (Phi) is 4.63. The minimum absolute atomic E-state index is 0.239. The van der Waals surface area contributed by atoms with Crippen LogP contribution in [0.5, 0.6) is 0 Å². The number of rotatable bonds is 6. The van der Waals surface area contributed by atoms with Crippen molar-refractivity contribution in [1.82, 2.24) is 24.5 Å². The molecular weight excluding hydrogens is 410 g/mol. The molecule has 3 unspecified atom stereocenters. The topological polar surface area (TPSA) is 130 Å². The lowest BCUT2D eigenvalue weighted by Gasteiger charge is -2.15. The van der Waals surface area contributed by atoms with Crippen LogP contribution in [0.25, 0.3) is 22.1 Å². The lowest BCUT2D eigenvalue weighted by Crippen LogP contribution is -2.24. The van der Waals surface area contributed by atoms with Gasteiger partial charge in [0, 0.05) is 29.7 Å². The quantitative estimate of drug-likeness (QED) is 0.362. The van der Waals surface area contributed by atoms with E-state index in [9.17, 15) is 10.2 Å². The standard InChI is InChI=1S/C22H23N7O3/c30-10-17-16(31)9-18(32-17)29-11-24-19-20(25-13-3-4-13)27-22(28-21(19)29)26-14-5-6-15-12(8-14)2-1-7-23-15/h1-2,5-8,11,13,16-18,30-31H,3-4,9-10H2,(H2,25,26,27,28). The monoisotopic (exact) mass is 433 g/mol. The van der Waals surface area contributed by atoms with Gasteiger partial charge in [-0.25, -0.2) is 4.98 Å². The van der Waals surface area contributed by atoms with Crippen molar-refractivity contribution in [3.05, 3.63) is 42.9 Å². The number of aliphatic hydroxyl groups excluding tert-OH is 2. The minimum atomic E-state index is -0.739. The molecule has 0 amide bonds. The third-order valence-corrected chi connectivity index (χ3v) is 5.89. The van der Waals surface area contributed by atoms with E-state index in [0.717, 1.165) is 29.4 Å². The molecule has 1 aliphatic heterocycles. The second kappa shape index (κ2) is 7.66. The van der Waals surface area contributed by atoms with Gasteiger partial charge in [-0.2, -0.15) is 9.97 Å². The molecule has 10 nitrogen and oxygen atoms in total. The van der Waals surface area contributed by atoms with Gasteiger partial charge in [0.1, 0.15) is 12.3 Å². The summed E-state index contributed by atoms with van der Waals surface area (Å²) in [7, 11) is 0. The SMILES string of the molecule is OCC1OC(n2cnc3c(NC4CC4)nc(Nc4ccc5ncccc5c4)nc32)CC1O. The van der Waals surface area contributed by atoms with Gasteiger partial charge in [0.25, 0.3) is 0 Å².